The van der Waals surface area contributed by atoms with Gasteiger partial charge < -0.3 is 0 Å². The van der Waals surface area contributed by atoms with Gasteiger partial charge >= 0.3 is 0 Å². The summed E-state index contributed by atoms with van der Waals surface area (Å²) in [6.45, 7) is 0. The van der Waals surface area contributed by atoms with E-state index >= 15 is 0 Å². The lowest BCUT2D eigenvalue weighted by atomic mass is 10.6. The van der Waals surface area contributed by atoms with Crippen LogP contribution in [0.3, 0.4) is 0 Å². The van der Waals surface area contributed by atoms with Crippen molar-refractivity contribution in [1.29, 1.82) is 0 Å². The van der Waals surface area contributed by atoms with Gasteiger partial charge in [0.25, 0.3) is 0 Å². The van der Waals surface area contributed by atoms with Crippen LogP contribution in [0.2, 0.25) is 0 Å². The molecule has 0 fully saturated rings. The summed E-state index contributed by atoms with van der Waals surface area (Å²) in [5.41, 5.74) is 1.02. The Morgan fingerprint density at radius 3 is 2.82 bits per heavy atom. The highest BCUT2D eigenvalue weighted by molar-refractivity contribution is 14.1. The lowest BCUT2D eigenvalue weighted by Gasteiger charge is -1.94. The Labute approximate surface area is 91.3 Å². The Morgan fingerprint density at radius 1 is 1.18 bits per heavy atom. The molecule has 0 spiro atoms. The highest BCUT2D eigenvalue weighted by atomic mass is 127. The van der Waals surface area contributed by atoms with E-state index in [1.807, 2.05) is 18.3 Å². The molecule has 0 saturated carbocycles. The van der Waals surface area contributed by atoms with Crippen molar-refractivity contribution in [2.75, 3.05) is 0 Å². The van der Waals surface area contributed by atoms with Gasteiger partial charge in [-0.05, 0) is 63.4 Å². The monoisotopic (exact) mass is 370 g/mol. The van der Waals surface area contributed by atoms with Gasteiger partial charge in [-0.15, -0.1) is 0 Å². The van der Waals surface area contributed by atoms with Crippen LogP contribution in [0.1, 0.15) is 0 Å². The maximum atomic E-state index is 4.34. The third-order valence-corrected chi connectivity index (χ3v) is 2.91. The first-order chi connectivity index (χ1) is 5.27. The van der Waals surface area contributed by atoms with Crippen LogP contribution in [-0.4, -0.2) is 9.38 Å². The Morgan fingerprint density at radius 2 is 2.00 bits per heavy atom. The molecule has 2 aromatic heterocycles. The Bertz CT molecular complexity index is 394. The zero-order valence-corrected chi connectivity index (χ0v) is 9.77. The predicted molar refractivity (Wildman–Crippen MR) is 60.6 cm³/mol. The predicted octanol–water partition coefficient (Wildman–Crippen LogP) is 2.54. The van der Waals surface area contributed by atoms with E-state index in [1.165, 1.54) is 3.70 Å². The molecule has 4 heteroatoms. The Hall–Kier alpha value is 0.150. The topological polar surface area (TPSA) is 17.3 Å². The zero-order chi connectivity index (χ0) is 7.84. The minimum absolute atomic E-state index is 1.02. The first-order valence-electron chi connectivity index (χ1n) is 3.06. The molecule has 0 bridgehead atoms. The molecule has 0 radical (unpaired) electrons. The molecule has 0 saturated heterocycles. The van der Waals surface area contributed by atoms with E-state index in [-0.39, 0.29) is 0 Å². The minimum atomic E-state index is 1.02. The van der Waals surface area contributed by atoms with Gasteiger partial charge in [0.05, 0.1) is 3.70 Å². The molecule has 0 aliphatic heterocycles. The van der Waals surface area contributed by atoms with E-state index in [1.54, 1.807) is 0 Å². The SMILES string of the molecule is Ic1ccn2c(I)ccc2n1. The minimum Gasteiger partial charge on any atom is -0.296 e. The molecule has 0 aliphatic rings. The van der Waals surface area contributed by atoms with Crippen LogP contribution in [0.4, 0.5) is 0 Å². The molecule has 0 aromatic carbocycles. The molecule has 2 rings (SSSR count). The number of fused-ring (bicyclic) bond motifs is 1. The third kappa shape index (κ3) is 1.37. The fourth-order valence-electron chi connectivity index (χ4n) is 0.935. The summed E-state index contributed by atoms with van der Waals surface area (Å²) in [5.74, 6) is 0. The second-order valence-electron chi connectivity index (χ2n) is 2.13. The fourth-order valence-corrected chi connectivity index (χ4v) is 1.93. The van der Waals surface area contributed by atoms with Crippen LogP contribution in [0.5, 0.6) is 0 Å². The van der Waals surface area contributed by atoms with Gasteiger partial charge in [0, 0.05) is 6.20 Å². The number of rotatable bonds is 0. The van der Waals surface area contributed by atoms with E-state index in [2.05, 4.69) is 60.6 Å². The summed E-state index contributed by atoms with van der Waals surface area (Å²) in [6.07, 6.45) is 2.03. The fraction of sp³-hybridized carbons (Fsp3) is 0. The Kier molecular flexibility index (Phi) is 2.04. The van der Waals surface area contributed by atoms with Gasteiger partial charge in [-0.2, -0.15) is 0 Å². The average Bonchev–Trinajstić information content (AvgIpc) is 2.32. The standard InChI is InChI=1S/C7H4I2N2/c8-5-3-4-11-6(9)1-2-7(11)10-5/h1-4H. The van der Waals surface area contributed by atoms with Crippen LogP contribution in [-0.2, 0) is 0 Å². The van der Waals surface area contributed by atoms with Gasteiger partial charge in [-0.3, -0.25) is 4.40 Å². The van der Waals surface area contributed by atoms with Crippen LogP contribution >= 0.6 is 45.2 Å². The number of aromatic nitrogens is 2. The maximum absolute atomic E-state index is 4.34. The number of hydrogen-bond donors (Lipinski definition) is 0. The summed E-state index contributed by atoms with van der Waals surface area (Å²) >= 11 is 4.50. The van der Waals surface area contributed by atoms with Gasteiger partial charge in [0.2, 0.25) is 0 Å². The highest BCUT2D eigenvalue weighted by Crippen LogP contribution is 2.11. The van der Waals surface area contributed by atoms with E-state index in [0.717, 1.165) is 9.35 Å². The molecule has 11 heavy (non-hydrogen) atoms. The van der Waals surface area contributed by atoms with Crippen molar-refractivity contribution in [3.05, 3.63) is 31.8 Å². The molecule has 2 nitrogen and oxygen atoms in total. The molecule has 0 atom stereocenters. The Balaban J connectivity index is 2.86. The van der Waals surface area contributed by atoms with Crippen LogP contribution in [0.15, 0.2) is 24.4 Å². The summed E-state index contributed by atoms with van der Waals surface area (Å²) in [4.78, 5) is 4.34. The van der Waals surface area contributed by atoms with Crippen molar-refractivity contribution in [3.63, 3.8) is 0 Å². The number of halogens is 2. The van der Waals surface area contributed by atoms with E-state index in [0.29, 0.717) is 0 Å². The molecule has 0 amide bonds. The molecule has 0 N–H and O–H groups in total. The molecular weight excluding hydrogens is 366 g/mol. The molecular formula is C7H4I2N2. The summed E-state index contributed by atoms with van der Waals surface area (Å²) in [5, 5.41) is 0. The van der Waals surface area contributed by atoms with Gasteiger partial charge in [-0.1, -0.05) is 0 Å². The van der Waals surface area contributed by atoms with Crippen molar-refractivity contribution in [3.8, 4) is 0 Å². The van der Waals surface area contributed by atoms with Crippen LogP contribution in [0, 0.1) is 7.40 Å². The maximum Gasteiger partial charge on any atom is 0.138 e. The lowest BCUT2D eigenvalue weighted by Crippen LogP contribution is -1.89. The molecule has 2 heterocycles. The highest BCUT2D eigenvalue weighted by Gasteiger charge is 1.97. The molecule has 0 aliphatic carbocycles. The van der Waals surface area contributed by atoms with Gasteiger partial charge in [0.15, 0.2) is 0 Å². The second-order valence-corrected chi connectivity index (χ2v) is 4.35. The molecule has 56 valence electrons. The van der Waals surface area contributed by atoms with E-state index in [9.17, 15) is 0 Å². The zero-order valence-electron chi connectivity index (χ0n) is 5.46. The lowest BCUT2D eigenvalue weighted by molar-refractivity contribution is 1.09. The first kappa shape index (κ1) is 7.78. The van der Waals surface area contributed by atoms with Gasteiger partial charge in [0.1, 0.15) is 9.35 Å². The van der Waals surface area contributed by atoms with Crippen molar-refractivity contribution in [2.24, 2.45) is 0 Å². The quantitative estimate of drug-likeness (QED) is 0.515. The van der Waals surface area contributed by atoms with Crippen molar-refractivity contribution < 1.29 is 0 Å². The number of hydrogen-bond acceptors (Lipinski definition) is 1. The van der Waals surface area contributed by atoms with Crippen LogP contribution in [0.25, 0.3) is 5.65 Å². The normalized spacial score (nSPS) is 10.7. The molecule has 0 unspecified atom stereocenters. The smallest absolute Gasteiger partial charge is 0.138 e. The summed E-state index contributed by atoms with van der Waals surface area (Å²) in [7, 11) is 0. The van der Waals surface area contributed by atoms with Crippen molar-refractivity contribution in [1.82, 2.24) is 9.38 Å². The van der Waals surface area contributed by atoms with E-state index < -0.39 is 0 Å². The van der Waals surface area contributed by atoms with Crippen molar-refractivity contribution >= 4 is 50.8 Å². The largest absolute Gasteiger partial charge is 0.296 e. The second kappa shape index (κ2) is 2.89. The summed E-state index contributed by atoms with van der Waals surface area (Å²) in [6, 6.07) is 6.07. The average molecular weight is 370 g/mol. The number of nitrogens with zero attached hydrogens (tertiary/aromatic N) is 2. The summed E-state index contributed by atoms with van der Waals surface area (Å²) < 4.78 is 4.29. The first-order valence-corrected chi connectivity index (χ1v) is 5.22. The van der Waals surface area contributed by atoms with Gasteiger partial charge in [-0.25, -0.2) is 4.98 Å². The van der Waals surface area contributed by atoms with Crippen molar-refractivity contribution in [2.45, 2.75) is 0 Å². The molecule has 2 aromatic rings. The third-order valence-electron chi connectivity index (χ3n) is 1.43. The van der Waals surface area contributed by atoms with Crippen LogP contribution < -0.4 is 0 Å². The van der Waals surface area contributed by atoms with E-state index in [4.69, 9.17) is 0 Å².